The van der Waals surface area contributed by atoms with E-state index in [1.165, 1.54) is 13.0 Å². The topological polar surface area (TPSA) is 66.4 Å². The first-order valence-corrected chi connectivity index (χ1v) is 6.37. The summed E-state index contributed by atoms with van der Waals surface area (Å²) < 4.78 is 0. The van der Waals surface area contributed by atoms with Gasteiger partial charge >= 0.3 is 0 Å². The third kappa shape index (κ3) is 3.00. The van der Waals surface area contributed by atoms with Crippen molar-refractivity contribution in [2.75, 3.05) is 0 Å². The molecular weight excluding hydrogens is 274 g/mol. The first-order valence-electron chi connectivity index (χ1n) is 5.92. The fraction of sp³-hybridized carbons (Fsp3) is 0.0667. The summed E-state index contributed by atoms with van der Waals surface area (Å²) >= 11 is 4.07. The highest BCUT2D eigenvalue weighted by Gasteiger charge is 2.10. The summed E-state index contributed by atoms with van der Waals surface area (Å²) in [6.45, 7) is 1.24. The minimum atomic E-state index is -0.604. The maximum atomic E-state index is 11.6. The van der Waals surface area contributed by atoms with Crippen LogP contribution in [-0.2, 0) is 9.59 Å². The lowest BCUT2D eigenvalue weighted by atomic mass is 10.0. The third-order valence-electron chi connectivity index (χ3n) is 2.75. The van der Waals surface area contributed by atoms with Crippen LogP contribution in [0, 0.1) is 0 Å². The molecule has 2 aromatic carbocycles. The van der Waals surface area contributed by atoms with Crippen LogP contribution in [0.25, 0.3) is 16.8 Å². The van der Waals surface area contributed by atoms with Gasteiger partial charge in [0.1, 0.15) is 5.75 Å². The maximum absolute atomic E-state index is 11.6. The van der Waals surface area contributed by atoms with E-state index in [1.54, 1.807) is 12.1 Å². The first-order chi connectivity index (χ1) is 9.49. The lowest BCUT2D eigenvalue weighted by Gasteiger charge is -2.06. The van der Waals surface area contributed by atoms with E-state index in [-0.39, 0.29) is 10.7 Å². The van der Waals surface area contributed by atoms with Gasteiger partial charge in [0.2, 0.25) is 5.91 Å². The Kier molecular flexibility index (Phi) is 4.10. The Labute approximate surface area is 121 Å². The van der Waals surface area contributed by atoms with E-state index >= 15 is 0 Å². The predicted octanol–water partition coefficient (Wildman–Crippen LogP) is 2.48. The van der Waals surface area contributed by atoms with Gasteiger partial charge in [-0.15, -0.1) is 12.6 Å². The molecule has 0 aliphatic carbocycles. The Morgan fingerprint density at radius 3 is 2.60 bits per heavy atom. The number of carbonyl (C=O) groups excluding carboxylic acids is 2. The minimum Gasteiger partial charge on any atom is -0.507 e. The second-order valence-corrected chi connectivity index (χ2v) is 4.74. The number of rotatable bonds is 2. The number of benzene rings is 2. The molecule has 2 amide bonds. The molecule has 5 heteroatoms. The normalized spacial score (nSPS) is 11.4. The monoisotopic (exact) mass is 287 g/mol. The Balaban J connectivity index is 2.50. The zero-order valence-electron chi connectivity index (χ0n) is 10.8. The van der Waals surface area contributed by atoms with Gasteiger partial charge in [0, 0.05) is 12.5 Å². The van der Waals surface area contributed by atoms with Crippen molar-refractivity contribution in [3.05, 3.63) is 46.9 Å². The zero-order chi connectivity index (χ0) is 14.7. The van der Waals surface area contributed by atoms with Crippen LogP contribution in [0.4, 0.5) is 0 Å². The lowest BCUT2D eigenvalue weighted by Crippen LogP contribution is -2.27. The minimum absolute atomic E-state index is 0.0471. The van der Waals surface area contributed by atoms with Crippen molar-refractivity contribution in [3.8, 4) is 5.75 Å². The number of aromatic hydroxyl groups is 1. The van der Waals surface area contributed by atoms with Crippen molar-refractivity contribution in [2.24, 2.45) is 0 Å². The van der Waals surface area contributed by atoms with Crippen molar-refractivity contribution >= 4 is 41.3 Å². The molecule has 0 unspecified atom stereocenters. The van der Waals surface area contributed by atoms with E-state index in [0.717, 1.165) is 10.8 Å². The molecule has 0 aliphatic heterocycles. The lowest BCUT2D eigenvalue weighted by molar-refractivity contribution is -0.126. The fourth-order valence-electron chi connectivity index (χ4n) is 1.86. The molecule has 102 valence electrons. The van der Waals surface area contributed by atoms with Crippen molar-refractivity contribution in [1.82, 2.24) is 5.32 Å². The highest BCUT2D eigenvalue weighted by Crippen LogP contribution is 2.29. The quantitative estimate of drug-likeness (QED) is 0.587. The smallest absolute Gasteiger partial charge is 0.263 e. The van der Waals surface area contributed by atoms with E-state index in [4.69, 9.17) is 0 Å². The largest absolute Gasteiger partial charge is 0.507 e. The molecule has 0 saturated carbocycles. The molecule has 0 bridgehead atoms. The number of hydrogen-bond acceptors (Lipinski definition) is 4. The van der Waals surface area contributed by atoms with Gasteiger partial charge in [0.15, 0.2) is 0 Å². The Morgan fingerprint density at radius 1 is 1.20 bits per heavy atom. The molecule has 0 radical (unpaired) electrons. The van der Waals surface area contributed by atoms with Crippen LogP contribution in [0.3, 0.4) is 0 Å². The second-order valence-electron chi connectivity index (χ2n) is 4.26. The van der Waals surface area contributed by atoms with Gasteiger partial charge in [-0.3, -0.25) is 14.9 Å². The Morgan fingerprint density at radius 2 is 1.90 bits per heavy atom. The highest BCUT2D eigenvalue weighted by atomic mass is 32.1. The van der Waals surface area contributed by atoms with E-state index in [1.807, 2.05) is 24.3 Å². The molecule has 2 aromatic rings. The molecule has 0 aliphatic rings. The molecular formula is C15H13NO3S. The number of thiol groups is 1. The van der Waals surface area contributed by atoms with Gasteiger partial charge in [0.25, 0.3) is 5.91 Å². The zero-order valence-corrected chi connectivity index (χ0v) is 11.6. The van der Waals surface area contributed by atoms with Crippen molar-refractivity contribution in [3.63, 3.8) is 0 Å². The molecule has 0 spiro atoms. The molecule has 4 nitrogen and oxygen atoms in total. The SMILES string of the molecule is CC(=O)NC(=O)C(S)=Cc1c(O)ccc2ccccc12. The van der Waals surface area contributed by atoms with Crippen molar-refractivity contribution in [1.29, 1.82) is 0 Å². The average Bonchev–Trinajstić information content (AvgIpc) is 2.41. The summed E-state index contributed by atoms with van der Waals surface area (Å²) in [5.74, 6) is -1.02. The van der Waals surface area contributed by atoms with Gasteiger partial charge < -0.3 is 5.11 Å². The van der Waals surface area contributed by atoms with Crippen LogP contribution in [0.2, 0.25) is 0 Å². The Bertz CT molecular complexity index is 722. The van der Waals surface area contributed by atoms with Crippen molar-refractivity contribution < 1.29 is 14.7 Å². The number of hydrogen-bond donors (Lipinski definition) is 3. The number of nitrogens with one attached hydrogen (secondary N) is 1. The number of phenols is 1. The van der Waals surface area contributed by atoms with Crippen molar-refractivity contribution in [2.45, 2.75) is 6.92 Å². The number of amides is 2. The average molecular weight is 287 g/mol. The molecule has 20 heavy (non-hydrogen) atoms. The maximum Gasteiger partial charge on any atom is 0.263 e. The van der Waals surface area contributed by atoms with Crippen LogP contribution in [0.1, 0.15) is 12.5 Å². The van der Waals surface area contributed by atoms with Gasteiger partial charge in [0.05, 0.1) is 4.91 Å². The number of carbonyl (C=O) groups is 2. The van der Waals surface area contributed by atoms with E-state index in [2.05, 4.69) is 17.9 Å². The summed E-state index contributed by atoms with van der Waals surface area (Å²) in [5.41, 5.74) is 0.492. The van der Waals surface area contributed by atoms with Crippen LogP contribution in [-0.4, -0.2) is 16.9 Å². The number of phenolic OH excluding ortho intramolecular Hbond substituents is 1. The van der Waals surface area contributed by atoms with Crippen LogP contribution < -0.4 is 5.32 Å². The predicted molar refractivity (Wildman–Crippen MR) is 81.4 cm³/mol. The molecule has 0 saturated heterocycles. The van der Waals surface area contributed by atoms with Crippen LogP contribution in [0.5, 0.6) is 5.75 Å². The van der Waals surface area contributed by atoms with Gasteiger partial charge in [-0.1, -0.05) is 30.3 Å². The number of fused-ring (bicyclic) bond motifs is 1. The summed E-state index contributed by atoms with van der Waals surface area (Å²) in [6.07, 6.45) is 1.44. The molecule has 0 atom stereocenters. The van der Waals surface area contributed by atoms with E-state index < -0.39 is 11.8 Å². The molecule has 2 rings (SSSR count). The third-order valence-corrected chi connectivity index (χ3v) is 3.08. The standard InChI is InChI=1S/C15H13NO3S/c1-9(17)16-15(19)14(20)8-12-11-5-3-2-4-10(11)6-7-13(12)18/h2-8,18,20H,1H3,(H,16,17,19). The molecule has 0 aromatic heterocycles. The van der Waals surface area contributed by atoms with Gasteiger partial charge in [-0.05, 0) is 22.9 Å². The number of imide groups is 1. The molecule has 0 heterocycles. The van der Waals surface area contributed by atoms with E-state index in [9.17, 15) is 14.7 Å². The summed E-state index contributed by atoms with van der Waals surface area (Å²) in [5, 5.41) is 13.8. The summed E-state index contributed by atoms with van der Waals surface area (Å²) in [4.78, 5) is 22.5. The highest BCUT2D eigenvalue weighted by molar-refractivity contribution is 7.85. The second kappa shape index (κ2) is 5.79. The molecule has 2 N–H and O–H groups in total. The van der Waals surface area contributed by atoms with Gasteiger partial charge in [-0.25, -0.2) is 0 Å². The summed E-state index contributed by atoms with van der Waals surface area (Å²) in [6, 6.07) is 10.8. The van der Waals surface area contributed by atoms with E-state index in [0.29, 0.717) is 5.56 Å². The molecule has 0 fully saturated rings. The summed E-state index contributed by atoms with van der Waals surface area (Å²) in [7, 11) is 0. The van der Waals surface area contributed by atoms with Crippen LogP contribution in [0.15, 0.2) is 41.3 Å². The Hall–Kier alpha value is -2.27. The van der Waals surface area contributed by atoms with Gasteiger partial charge in [-0.2, -0.15) is 0 Å². The fourth-order valence-corrected chi connectivity index (χ4v) is 2.05. The first kappa shape index (κ1) is 14.1. The van der Waals surface area contributed by atoms with Crippen LogP contribution >= 0.6 is 12.6 Å².